The number of aryl methyl sites for hydroxylation is 1. The van der Waals surface area contributed by atoms with Crippen molar-refractivity contribution in [2.24, 2.45) is 5.41 Å². The summed E-state index contributed by atoms with van der Waals surface area (Å²) in [5.41, 5.74) is -0.373. The lowest BCUT2D eigenvalue weighted by atomic mass is 9.91. The van der Waals surface area contributed by atoms with E-state index >= 15 is 0 Å². The molecule has 0 radical (unpaired) electrons. The zero-order valence-corrected chi connectivity index (χ0v) is 22.3. The molecular formula is C27H32F2N6O3. The number of urea groups is 1. The van der Waals surface area contributed by atoms with Gasteiger partial charge < -0.3 is 19.9 Å². The van der Waals surface area contributed by atoms with Crippen LogP contribution >= 0.6 is 0 Å². The molecule has 0 saturated carbocycles. The number of nitriles is 1. The molecule has 3 aromatic rings. The van der Waals surface area contributed by atoms with Gasteiger partial charge in [0.25, 0.3) is 0 Å². The van der Waals surface area contributed by atoms with Crippen LogP contribution in [-0.4, -0.2) is 39.2 Å². The lowest BCUT2D eigenvalue weighted by molar-refractivity contribution is -0.120. The molecule has 0 aliphatic heterocycles. The molecular weight excluding hydrogens is 494 g/mol. The fourth-order valence-corrected chi connectivity index (χ4v) is 3.73. The topological polar surface area (TPSA) is 123 Å². The summed E-state index contributed by atoms with van der Waals surface area (Å²) >= 11 is 0. The zero-order valence-electron chi connectivity index (χ0n) is 22.3. The van der Waals surface area contributed by atoms with Crippen LogP contribution in [-0.2, 0) is 11.3 Å². The lowest BCUT2D eigenvalue weighted by Crippen LogP contribution is -2.29. The zero-order chi connectivity index (χ0) is 28.4. The van der Waals surface area contributed by atoms with Crippen LogP contribution in [0.25, 0.3) is 11.0 Å². The van der Waals surface area contributed by atoms with E-state index < -0.39 is 34.5 Å². The van der Waals surface area contributed by atoms with Gasteiger partial charge in [-0.25, -0.2) is 18.6 Å². The summed E-state index contributed by atoms with van der Waals surface area (Å²) in [5.74, 6) is -1.90. The second-order valence-corrected chi connectivity index (χ2v) is 11.0. The summed E-state index contributed by atoms with van der Waals surface area (Å²) in [6.45, 7) is 9.53. The maximum Gasteiger partial charge on any atom is 0.326 e. The van der Waals surface area contributed by atoms with Gasteiger partial charge in [-0.2, -0.15) is 5.26 Å². The number of carbonyl (C=O) groups is 2. The van der Waals surface area contributed by atoms with Gasteiger partial charge in [-0.3, -0.25) is 10.1 Å². The first-order chi connectivity index (χ1) is 17.6. The molecule has 0 saturated heterocycles. The number of halogens is 2. The quantitative estimate of drug-likeness (QED) is 0.381. The third-order valence-electron chi connectivity index (χ3n) is 5.77. The molecule has 0 bridgehead atoms. The predicted molar refractivity (Wildman–Crippen MR) is 142 cm³/mol. The smallest absolute Gasteiger partial charge is 0.326 e. The number of carbonyl (C=O) groups excluding carboxylic acids is 2. The Morgan fingerprint density at radius 1 is 1.11 bits per heavy atom. The van der Waals surface area contributed by atoms with Crippen molar-refractivity contribution in [2.75, 3.05) is 22.6 Å². The molecule has 1 heterocycles. The normalized spacial score (nSPS) is 11.8. The van der Waals surface area contributed by atoms with Gasteiger partial charge in [0.2, 0.25) is 11.9 Å². The molecule has 0 unspecified atom stereocenters. The van der Waals surface area contributed by atoms with Crippen molar-refractivity contribution in [1.29, 1.82) is 5.26 Å². The molecule has 1 aromatic heterocycles. The minimum absolute atomic E-state index is 0.0623. The highest BCUT2D eigenvalue weighted by molar-refractivity contribution is 6.00. The Hall–Kier alpha value is -4.04. The van der Waals surface area contributed by atoms with E-state index in [0.29, 0.717) is 35.6 Å². The average molecular weight is 527 g/mol. The monoisotopic (exact) mass is 526 g/mol. The number of anilines is 3. The highest BCUT2D eigenvalue weighted by Crippen LogP contribution is 2.28. The van der Waals surface area contributed by atoms with Crippen molar-refractivity contribution < 1.29 is 23.5 Å². The number of amides is 3. The number of hydrogen-bond acceptors (Lipinski definition) is 5. The summed E-state index contributed by atoms with van der Waals surface area (Å²) in [6, 6.07) is 7.32. The fourth-order valence-electron chi connectivity index (χ4n) is 3.73. The summed E-state index contributed by atoms with van der Waals surface area (Å²) in [6.07, 6.45) is 0.678. The average Bonchev–Trinajstić information content (AvgIpc) is 3.13. The highest BCUT2D eigenvalue weighted by atomic mass is 19.1. The Labute approximate surface area is 220 Å². The molecule has 2 aromatic carbocycles. The van der Waals surface area contributed by atoms with Gasteiger partial charge in [0.1, 0.15) is 17.7 Å². The number of nitrogens with one attached hydrogen (secondary N) is 2. The standard InChI is InChI=1S/C27H32F2N6O3/c1-26(2,3)14-23(36)34(6)17-7-8-22-21(12-17)31-24(35(22)10-9-27(4,5)38)33-25(37)32-20-13-18(28)16(15-30)11-19(20)29/h7-8,11-13,38H,9-10,14H2,1-6H3,(H2,31,32,33,37). The van der Waals surface area contributed by atoms with Crippen molar-refractivity contribution in [1.82, 2.24) is 9.55 Å². The molecule has 3 amide bonds. The van der Waals surface area contributed by atoms with E-state index in [1.165, 1.54) is 6.07 Å². The first kappa shape index (κ1) is 28.5. The van der Waals surface area contributed by atoms with E-state index in [9.17, 15) is 23.5 Å². The number of hydrogen-bond donors (Lipinski definition) is 3. The van der Waals surface area contributed by atoms with Crippen molar-refractivity contribution in [2.45, 2.75) is 59.6 Å². The Kier molecular flexibility index (Phi) is 8.07. The van der Waals surface area contributed by atoms with Crippen molar-refractivity contribution in [3.05, 3.63) is 47.5 Å². The molecule has 0 aliphatic rings. The maximum atomic E-state index is 14.3. The molecule has 11 heteroatoms. The van der Waals surface area contributed by atoms with Crippen LogP contribution in [0.1, 0.15) is 53.0 Å². The Bertz CT molecular complexity index is 1410. The molecule has 0 spiro atoms. The van der Waals surface area contributed by atoms with E-state index in [1.807, 2.05) is 20.8 Å². The van der Waals surface area contributed by atoms with Crippen LogP contribution in [0.5, 0.6) is 0 Å². The first-order valence-corrected chi connectivity index (χ1v) is 12.0. The molecule has 3 rings (SSSR count). The number of aromatic nitrogens is 2. The highest BCUT2D eigenvalue weighted by Gasteiger charge is 2.22. The number of rotatable bonds is 7. The van der Waals surface area contributed by atoms with E-state index in [2.05, 4.69) is 15.6 Å². The van der Waals surface area contributed by atoms with Crippen LogP contribution in [0, 0.1) is 28.4 Å². The van der Waals surface area contributed by atoms with Crippen LogP contribution < -0.4 is 15.5 Å². The lowest BCUT2D eigenvalue weighted by Gasteiger charge is -2.23. The summed E-state index contributed by atoms with van der Waals surface area (Å²) < 4.78 is 29.9. The summed E-state index contributed by atoms with van der Waals surface area (Å²) in [4.78, 5) is 31.5. The van der Waals surface area contributed by atoms with Crippen LogP contribution in [0.4, 0.5) is 30.9 Å². The van der Waals surface area contributed by atoms with E-state index in [4.69, 9.17) is 5.26 Å². The SMILES string of the molecule is CN(C(=O)CC(C)(C)C)c1ccc2c(c1)nc(NC(=O)Nc1cc(F)c(C#N)cc1F)n2CCC(C)(C)O. The number of nitrogens with zero attached hydrogens (tertiary/aromatic N) is 4. The van der Waals surface area contributed by atoms with Gasteiger partial charge in [-0.15, -0.1) is 0 Å². The maximum absolute atomic E-state index is 14.3. The van der Waals surface area contributed by atoms with E-state index in [-0.39, 0.29) is 23.8 Å². The van der Waals surface area contributed by atoms with Crippen LogP contribution in [0.2, 0.25) is 0 Å². The Morgan fingerprint density at radius 2 is 1.79 bits per heavy atom. The van der Waals surface area contributed by atoms with Gasteiger partial charge in [0.15, 0.2) is 0 Å². The van der Waals surface area contributed by atoms with Crippen molar-refractivity contribution in [3.8, 4) is 6.07 Å². The second-order valence-electron chi connectivity index (χ2n) is 11.0. The Morgan fingerprint density at radius 3 is 2.39 bits per heavy atom. The van der Waals surface area contributed by atoms with Gasteiger partial charge >= 0.3 is 6.03 Å². The van der Waals surface area contributed by atoms with Gasteiger partial charge in [0.05, 0.1) is 27.9 Å². The minimum Gasteiger partial charge on any atom is -0.390 e. The minimum atomic E-state index is -1.00. The number of benzene rings is 2. The molecule has 9 nitrogen and oxygen atoms in total. The van der Waals surface area contributed by atoms with E-state index in [0.717, 1.165) is 6.07 Å². The van der Waals surface area contributed by atoms with Crippen LogP contribution in [0.3, 0.4) is 0 Å². The Balaban J connectivity index is 1.93. The molecule has 0 fully saturated rings. The molecule has 0 aliphatic carbocycles. The third kappa shape index (κ3) is 7.04. The molecule has 0 atom stereocenters. The van der Waals surface area contributed by atoms with E-state index in [1.54, 1.807) is 48.6 Å². The predicted octanol–water partition coefficient (Wildman–Crippen LogP) is 5.39. The first-order valence-electron chi connectivity index (χ1n) is 12.0. The van der Waals surface area contributed by atoms with Gasteiger partial charge in [0, 0.05) is 31.8 Å². The molecule has 38 heavy (non-hydrogen) atoms. The number of aliphatic hydroxyl groups is 1. The number of fused-ring (bicyclic) bond motifs is 1. The van der Waals surface area contributed by atoms with Gasteiger partial charge in [-0.05, 0) is 49.9 Å². The summed E-state index contributed by atoms with van der Waals surface area (Å²) in [7, 11) is 1.68. The van der Waals surface area contributed by atoms with Crippen molar-refractivity contribution in [3.63, 3.8) is 0 Å². The van der Waals surface area contributed by atoms with Crippen LogP contribution in [0.15, 0.2) is 30.3 Å². The summed E-state index contributed by atoms with van der Waals surface area (Å²) in [5, 5.41) is 23.9. The third-order valence-corrected chi connectivity index (χ3v) is 5.77. The second kappa shape index (κ2) is 10.8. The van der Waals surface area contributed by atoms with Gasteiger partial charge in [-0.1, -0.05) is 20.8 Å². The molecule has 3 N–H and O–H groups in total. The molecule has 202 valence electrons. The fraction of sp³-hybridized carbons (Fsp3) is 0.407. The van der Waals surface area contributed by atoms with Crippen molar-refractivity contribution >= 4 is 40.3 Å². The largest absolute Gasteiger partial charge is 0.390 e. The number of imidazole rings is 1.